The molecule has 5 heteroatoms. The van der Waals surface area contributed by atoms with E-state index in [4.69, 9.17) is 0 Å². The van der Waals surface area contributed by atoms with Gasteiger partial charge >= 0.3 is 0 Å². The third-order valence-electron chi connectivity index (χ3n) is 3.78. The number of aryl methyl sites for hydroxylation is 3. The first-order valence-electron chi connectivity index (χ1n) is 8.33. The number of rotatable bonds is 8. The molecular weight excluding hydrogens is 334 g/mol. The standard InChI is InChI=1S/C20H23NO3S/c1-13-10-14(2)12-16(11-13)21-20(24)9-6-17(22)5-7-18(23)19-8-4-15(3)25-19/h4,8,10-12H,5-7,9H2,1-3H3,(H,21,24). The van der Waals surface area contributed by atoms with Crippen LogP contribution in [0.3, 0.4) is 0 Å². The van der Waals surface area contributed by atoms with Crippen LogP contribution in [0.5, 0.6) is 0 Å². The van der Waals surface area contributed by atoms with Crippen molar-refractivity contribution in [2.24, 2.45) is 0 Å². The fourth-order valence-corrected chi connectivity index (χ4v) is 3.44. The van der Waals surface area contributed by atoms with Crippen LogP contribution < -0.4 is 5.32 Å². The zero-order valence-corrected chi connectivity index (χ0v) is 15.7. The SMILES string of the molecule is Cc1cc(C)cc(NC(=O)CCC(=O)CCC(=O)c2ccc(C)s2)c1. The van der Waals surface area contributed by atoms with Crippen molar-refractivity contribution in [3.05, 3.63) is 51.2 Å². The van der Waals surface area contributed by atoms with Gasteiger partial charge in [-0.15, -0.1) is 11.3 Å². The van der Waals surface area contributed by atoms with Gasteiger partial charge in [0, 0.05) is 36.2 Å². The Morgan fingerprint density at radius 3 is 2.12 bits per heavy atom. The number of nitrogens with one attached hydrogen (secondary N) is 1. The third-order valence-corrected chi connectivity index (χ3v) is 4.82. The second-order valence-corrected chi connectivity index (χ2v) is 7.58. The van der Waals surface area contributed by atoms with E-state index in [2.05, 4.69) is 5.32 Å². The van der Waals surface area contributed by atoms with Gasteiger partial charge in [0.1, 0.15) is 5.78 Å². The van der Waals surface area contributed by atoms with Crippen molar-refractivity contribution < 1.29 is 14.4 Å². The summed E-state index contributed by atoms with van der Waals surface area (Å²) in [6.07, 6.45) is 0.690. The highest BCUT2D eigenvalue weighted by atomic mass is 32.1. The fourth-order valence-electron chi connectivity index (χ4n) is 2.61. The number of hydrogen-bond acceptors (Lipinski definition) is 4. The second-order valence-electron chi connectivity index (χ2n) is 6.30. The van der Waals surface area contributed by atoms with Gasteiger partial charge in [0.05, 0.1) is 4.88 Å². The minimum Gasteiger partial charge on any atom is -0.326 e. The first-order chi connectivity index (χ1) is 11.8. The van der Waals surface area contributed by atoms with E-state index in [1.54, 1.807) is 6.07 Å². The third kappa shape index (κ3) is 6.27. The summed E-state index contributed by atoms with van der Waals surface area (Å²) in [6, 6.07) is 9.52. The van der Waals surface area contributed by atoms with Gasteiger partial charge < -0.3 is 5.32 Å². The molecule has 0 fully saturated rings. The first kappa shape index (κ1) is 19.1. The topological polar surface area (TPSA) is 63.2 Å². The zero-order valence-electron chi connectivity index (χ0n) is 14.8. The molecule has 0 radical (unpaired) electrons. The Hall–Kier alpha value is -2.27. The molecule has 0 bridgehead atoms. The van der Waals surface area contributed by atoms with E-state index in [9.17, 15) is 14.4 Å². The molecule has 0 aliphatic rings. The van der Waals surface area contributed by atoms with E-state index in [1.807, 2.05) is 45.0 Å². The molecule has 0 unspecified atom stereocenters. The molecule has 0 spiro atoms. The maximum Gasteiger partial charge on any atom is 0.224 e. The van der Waals surface area contributed by atoms with Gasteiger partial charge in [0.15, 0.2) is 5.78 Å². The van der Waals surface area contributed by atoms with Crippen molar-refractivity contribution in [3.8, 4) is 0 Å². The monoisotopic (exact) mass is 357 g/mol. The number of benzene rings is 1. The van der Waals surface area contributed by atoms with E-state index in [-0.39, 0.29) is 43.2 Å². The number of amides is 1. The number of anilines is 1. The van der Waals surface area contributed by atoms with E-state index in [0.29, 0.717) is 4.88 Å². The molecule has 0 saturated carbocycles. The lowest BCUT2D eigenvalue weighted by molar-refractivity contribution is -0.122. The Labute approximate surface area is 152 Å². The van der Waals surface area contributed by atoms with E-state index in [1.165, 1.54) is 11.3 Å². The van der Waals surface area contributed by atoms with Gasteiger partial charge in [0.2, 0.25) is 5.91 Å². The minimum atomic E-state index is -0.182. The van der Waals surface area contributed by atoms with E-state index >= 15 is 0 Å². The van der Waals surface area contributed by atoms with Gasteiger partial charge in [0.25, 0.3) is 0 Å². The van der Waals surface area contributed by atoms with Crippen molar-refractivity contribution in [2.75, 3.05) is 5.32 Å². The Balaban J connectivity index is 1.73. The lowest BCUT2D eigenvalue weighted by Gasteiger charge is -2.07. The molecule has 0 saturated heterocycles. The Kier molecular flexibility index (Phi) is 6.65. The summed E-state index contributed by atoms with van der Waals surface area (Å²) in [6.45, 7) is 5.89. The van der Waals surface area contributed by atoms with Crippen LogP contribution in [-0.2, 0) is 9.59 Å². The highest BCUT2D eigenvalue weighted by Gasteiger charge is 2.12. The van der Waals surface area contributed by atoms with Crippen LogP contribution in [0.1, 0.15) is 51.4 Å². The molecule has 2 aromatic rings. The molecule has 0 aliphatic heterocycles. The normalized spacial score (nSPS) is 10.5. The highest BCUT2D eigenvalue weighted by Crippen LogP contribution is 2.18. The number of carbonyl (C=O) groups is 3. The van der Waals surface area contributed by atoms with E-state index < -0.39 is 0 Å². The van der Waals surface area contributed by atoms with Crippen LogP contribution in [0.15, 0.2) is 30.3 Å². The summed E-state index contributed by atoms with van der Waals surface area (Å²) in [7, 11) is 0. The molecule has 1 heterocycles. The summed E-state index contributed by atoms with van der Waals surface area (Å²) in [5, 5.41) is 2.82. The Morgan fingerprint density at radius 2 is 1.52 bits per heavy atom. The average Bonchev–Trinajstić information content (AvgIpc) is 2.96. The van der Waals surface area contributed by atoms with Gasteiger partial charge in [-0.1, -0.05) is 6.07 Å². The molecule has 2 rings (SSSR count). The summed E-state index contributed by atoms with van der Waals surface area (Å²) in [5.41, 5.74) is 2.90. The van der Waals surface area contributed by atoms with Crippen LogP contribution in [0, 0.1) is 20.8 Å². The smallest absolute Gasteiger partial charge is 0.224 e. The molecule has 1 aromatic heterocycles. The summed E-state index contributed by atoms with van der Waals surface area (Å²) >= 11 is 1.44. The number of ketones is 2. The van der Waals surface area contributed by atoms with Crippen LogP contribution >= 0.6 is 11.3 Å². The fraction of sp³-hybridized carbons (Fsp3) is 0.350. The summed E-state index contributed by atoms with van der Waals surface area (Å²) < 4.78 is 0. The van der Waals surface area contributed by atoms with Crippen LogP contribution in [0.25, 0.3) is 0 Å². The number of hydrogen-bond donors (Lipinski definition) is 1. The lowest BCUT2D eigenvalue weighted by atomic mass is 10.1. The van der Waals surface area contributed by atoms with Gasteiger partial charge in [-0.25, -0.2) is 0 Å². The van der Waals surface area contributed by atoms with Crippen molar-refractivity contribution in [3.63, 3.8) is 0 Å². The molecule has 25 heavy (non-hydrogen) atoms. The van der Waals surface area contributed by atoms with Crippen LogP contribution in [0.2, 0.25) is 0 Å². The van der Waals surface area contributed by atoms with Gasteiger partial charge in [-0.3, -0.25) is 14.4 Å². The first-order valence-corrected chi connectivity index (χ1v) is 9.14. The molecule has 132 valence electrons. The van der Waals surface area contributed by atoms with Crippen LogP contribution in [0.4, 0.5) is 5.69 Å². The van der Waals surface area contributed by atoms with Crippen molar-refractivity contribution in [1.82, 2.24) is 0 Å². The molecule has 0 aliphatic carbocycles. The number of carbonyl (C=O) groups excluding carboxylic acids is 3. The zero-order chi connectivity index (χ0) is 18.4. The minimum absolute atomic E-state index is 0.00821. The predicted molar refractivity (Wildman–Crippen MR) is 101 cm³/mol. The average molecular weight is 357 g/mol. The molecule has 4 nitrogen and oxygen atoms in total. The molecule has 0 atom stereocenters. The van der Waals surface area contributed by atoms with Gasteiger partial charge in [-0.2, -0.15) is 0 Å². The second kappa shape index (κ2) is 8.72. The van der Waals surface area contributed by atoms with E-state index in [0.717, 1.165) is 21.7 Å². The Bertz CT molecular complexity index is 772. The predicted octanol–water partition coefficient (Wildman–Crippen LogP) is 4.62. The maximum absolute atomic E-state index is 12.0. The van der Waals surface area contributed by atoms with Crippen LogP contribution in [-0.4, -0.2) is 17.5 Å². The summed E-state index contributed by atoms with van der Waals surface area (Å²) in [4.78, 5) is 37.7. The van der Waals surface area contributed by atoms with Crippen molar-refractivity contribution in [1.29, 1.82) is 0 Å². The molecule has 1 N–H and O–H groups in total. The Morgan fingerprint density at radius 1 is 0.880 bits per heavy atom. The molecular formula is C20H23NO3S. The number of Topliss-reactive ketones (excluding diaryl/α,β-unsaturated/α-hetero) is 2. The molecule has 1 aromatic carbocycles. The lowest BCUT2D eigenvalue weighted by Crippen LogP contribution is -2.14. The quantitative estimate of drug-likeness (QED) is 0.701. The highest BCUT2D eigenvalue weighted by molar-refractivity contribution is 7.14. The summed E-state index contributed by atoms with van der Waals surface area (Å²) in [5.74, 6) is -0.248. The van der Waals surface area contributed by atoms with Crippen molar-refractivity contribution >= 4 is 34.5 Å². The maximum atomic E-state index is 12.0. The molecule has 1 amide bonds. The van der Waals surface area contributed by atoms with Crippen molar-refractivity contribution in [2.45, 2.75) is 46.5 Å². The van der Waals surface area contributed by atoms with Gasteiger partial charge in [-0.05, 0) is 56.2 Å². The number of thiophene rings is 1. The largest absolute Gasteiger partial charge is 0.326 e.